The number of nitrogen functional groups attached to an aromatic ring is 1. The zero-order chi connectivity index (χ0) is 14.4. The fourth-order valence-corrected chi connectivity index (χ4v) is 2.15. The number of hydrogen-bond donors (Lipinski definition) is 2. The second-order valence-corrected chi connectivity index (χ2v) is 5.01. The van der Waals surface area contributed by atoms with E-state index in [4.69, 9.17) is 5.73 Å². The van der Waals surface area contributed by atoms with Crippen LogP contribution in [0.15, 0.2) is 30.3 Å². The van der Waals surface area contributed by atoms with Gasteiger partial charge in [0.2, 0.25) is 0 Å². The molecule has 1 aromatic heterocycles. The molecule has 0 radical (unpaired) electrons. The maximum absolute atomic E-state index is 5.80. The highest BCUT2D eigenvalue weighted by atomic mass is 15.0. The minimum absolute atomic E-state index is 0.529. The van der Waals surface area contributed by atoms with Gasteiger partial charge in [0.1, 0.15) is 17.5 Å². The average Bonchev–Trinajstić information content (AvgIpc) is 2.38. The minimum Gasteiger partial charge on any atom is -0.384 e. The van der Waals surface area contributed by atoms with Gasteiger partial charge in [-0.3, -0.25) is 0 Å². The van der Waals surface area contributed by atoms with Crippen molar-refractivity contribution >= 4 is 11.6 Å². The molecule has 0 fully saturated rings. The second-order valence-electron chi connectivity index (χ2n) is 5.01. The Balaban J connectivity index is 1.93. The second kappa shape index (κ2) is 6.89. The molecule has 0 unspecified atom stereocenters. The number of anilines is 2. The first-order valence-electron chi connectivity index (χ1n) is 7.10. The molecule has 4 nitrogen and oxygen atoms in total. The molecule has 0 saturated carbocycles. The molecule has 2 rings (SSSR count). The minimum atomic E-state index is 0.529. The molecule has 0 atom stereocenters. The van der Waals surface area contributed by atoms with Crippen LogP contribution in [0.4, 0.5) is 11.6 Å². The lowest BCUT2D eigenvalue weighted by molar-refractivity contribution is 0.836. The first-order chi connectivity index (χ1) is 9.67. The summed E-state index contributed by atoms with van der Waals surface area (Å²) in [5, 5.41) is 3.32. The zero-order valence-electron chi connectivity index (χ0n) is 12.2. The molecule has 1 heterocycles. The van der Waals surface area contributed by atoms with Gasteiger partial charge in [-0.2, -0.15) is 0 Å². The van der Waals surface area contributed by atoms with Gasteiger partial charge in [0.05, 0.1) is 0 Å². The largest absolute Gasteiger partial charge is 0.384 e. The van der Waals surface area contributed by atoms with Crippen LogP contribution in [0.3, 0.4) is 0 Å². The Kier molecular flexibility index (Phi) is 4.93. The highest BCUT2D eigenvalue weighted by Gasteiger charge is 2.02. The standard InChI is InChI=1S/C16H22N4/c1-3-5-15-19-14(17)11-16(20-15)18-9-8-13-7-4-6-12(2)10-13/h4,6-7,10-11H,3,5,8-9H2,1-2H3,(H3,17,18,19,20). The van der Waals surface area contributed by atoms with Crippen LogP contribution < -0.4 is 11.1 Å². The summed E-state index contributed by atoms with van der Waals surface area (Å²) in [7, 11) is 0. The Morgan fingerprint density at radius 2 is 2.00 bits per heavy atom. The molecule has 106 valence electrons. The summed E-state index contributed by atoms with van der Waals surface area (Å²) in [6.07, 6.45) is 2.85. The third kappa shape index (κ3) is 4.23. The van der Waals surface area contributed by atoms with Crippen LogP contribution in [-0.4, -0.2) is 16.5 Å². The number of nitrogens with zero attached hydrogens (tertiary/aromatic N) is 2. The molecule has 1 aromatic carbocycles. The van der Waals surface area contributed by atoms with Crippen LogP contribution in [-0.2, 0) is 12.8 Å². The SMILES string of the molecule is CCCc1nc(N)cc(NCCc2cccc(C)c2)n1. The van der Waals surface area contributed by atoms with E-state index < -0.39 is 0 Å². The fourth-order valence-electron chi connectivity index (χ4n) is 2.15. The smallest absolute Gasteiger partial charge is 0.133 e. The van der Waals surface area contributed by atoms with E-state index in [9.17, 15) is 0 Å². The van der Waals surface area contributed by atoms with Crippen molar-refractivity contribution in [3.63, 3.8) is 0 Å². The molecule has 4 heteroatoms. The third-order valence-electron chi connectivity index (χ3n) is 3.07. The van der Waals surface area contributed by atoms with Crippen LogP contribution in [0.2, 0.25) is 0 Å². The highest BCUT2D eigenvalue weighted by molar-refractivity contribution is 5.44. The molecule has 0 saturated heterocycles. The molecule has 0 aliphatic carbocycles. The van der Waals surface area contributed by atoms with Crippen molar-refractivity contribution in [2.45, 2.75) is 33.1 Å². The Morgan fingerprint density at radius 3 is 2.75 bits per heavy atom. The van der Waals surface area contributed by atoms with Crippen molar-refractivity contribution in [3.05, 3.63) is 47.3 Å². The van der Waals surface area contributed by atoms with Crippen LogP contribution in [0.5, 0.6) is 0 Å². The summed E-state index contributed by atoms with van der Waals surface area (Å²) in [4.78, 5) is 8.70. The quantitative estimate of drug-likeness (QED) is 0.847. The first-order valence-corrected chi connectivity index (χ1v) is 7.10. The van der Waals surface area contributed by atoms with Crippen LogP contribution >= 0.6 is 0 Å². The molecule has 0 spiro atoms. The lowest BCUT2D eigenvalue weighted by Gasteiger charge is -2.08. The summed E-state index contributed by atoms with van der Waals surface area (Å²) >= 11 is 0. The average molecular weight is 270 g/mol. The van der Waals surface area contributed by atoms with Gasteiger partial charge in [0.15, 0.2) is 0 Å². The summed E-state index contributed by atoms with van der Waals surface area (Å²) in [6, 6.07) is 10.3. The molecular weight excluding hydrogens is 248 g/mol. The molecule has 3 N–H and O–H groups in total. The van der Waals surface area contributed by atoms with Crippen molar-refractivity contribution < 1.29 is 0 Å². The van der Waals surface area contributed by atoms with E-state index >= 15 is 0 Å². The zero-order valence-corrected chi connectivity index (χ0v) is 12.2. The van der Waals surface area contributed by atoms with Gasteiger partial charge in [-0.15, -0.1) is 0 Å². The summed E-state index contributed by atoms with van der Waals surface area (Å²) < 4.78 is 0. The van der Waals surface area contributed by atoms with E-state index in [1.165, 1.54) is 11.1 Å². The molecule has 0 amide bonds. The van der Waals surface area contributed by atoms with E-state index in [0.29, 0.717) is 5.82 Å². The maximum atomic E-state index is 5.80. The first kappa shape index (κ1) is 14.3. The van der Waals surface area contributed by atoms with Gasteiger partial charge in [-0.25, -0.2) is 9.97 Å². The number of aromatic nitrogens is 2. The van der Waals surface area contributed by atoms with E-state index in [0.717, 1.165) is 37.4 Å². The monoisotopic (exact) mass is 270 g/mol. The molecule has 0 aliphatic heterocycles. The summed E-state index contributed by atoms with van der Waals surface area (Å²) in [5.74, 6) is 2.15. The molecule has 0 aliphatic rings. The molecule has 20 heavy (non-hydrogen) atoms. The van der Waals surface area contributed by atoms with E-state index in [2.05, 4.69) is 53.4 Å². The Labute approximate surface area is 120 Å². The maximum Gasteiger partial charge on any atom is 0.133 e. The lowest BCUT2D eigenvalue weighted by Crippen LogP contribution is -2.09. The topological polar surface area (TPSA) is 63.8 Å². The highest BCUT2D eigenvalue weighted by Crippen LogP contribution is 2.10. The van der Waals surface area contributed by atoms with Crippen molar-refractivity contribution in [3.8, 4) is 0 Å². The Bertz CT molecular complexity index is 566. The normalized spacial score (nSPS) is 10.5. The molecule has 2 aromatic rings. The summed E-state index contributed by atoms with van der Waals surface area (Å²) in [6.45, 7) is 5.06. The number of rotatable bonds is 6. The van der Waals surface area contributed by atoms with Crippen molar-refractivity contribution in [2.24, 2.45) is 0 Å². The van der Waals surface area contributed by atoms with Gasteiger partial charge >= 0.3 is 0 Å². The van der Waals surface area contributed by atoms with E-state index in [1.54, 1.807) is 6.07 Å². The Hall–Kier alpha value is -2.10. The lowest BCUT2D eigenvalue weighted by atomic mass is 10.1. The van der Waals surface area contributed by atoms with E-state index in [1.807, 2.05) is 0 Å². The predicted molar refractivity (Wildman–Crippen MR) is 83.8 cm³/mol. The Morgan fingerprint density at radius 1 is 1.15 bits per heavy atom. The van der Waals surface area contributed by atoms with Crippen LogP contribution in [0.1, 0.15) is 30.3 Å². The van der Waals surface area contributed by atoms with E-state index in [-0.39, 0.29) is 0 Å². The molecule has 0 bridgehead atoms. The van der Waals surface area contributed by atoms with Gasteiger partial charge in [-0.1, -0.05) is 36.8 Å². The number of nitrogens with two attached hydrogens (primary N) is 1. The molecular formula is C16H22N4. The van der Waals surface area contributed by atoms with Crippen LogP contribution in [0.25, 0.3) is 0 Å². The number of aryl methyl sites for hydroxylation is 2. The van der Waals surface area contributed by atoms with Gasteiger partial charge in [-0.05, 0) is 25.3 Å². The van der Waals surface area contributed by atoms with Gasteiger partial charge in [0, 0.05) is 19.0 Å². The predicted octanol–water partition coefficient (Wildman–Crippen LogP) is 2.97. The fraction of sp³-hybridized carbons (Fsp3) is 0.375. The van der Waals surface area contributed by atoms with Gasteiger partial charge < -0.3 is 11.1 Å². The van der Waals surface area contributed by atoms with Crippen LogP contribution in [0, 0.1) is 6.92 Å². The van der Waals surface area contributed by atoms with Gasteiger partial charge in [0.25, 0.3) is 0 Å². The summed E-state index contributed by atoms with van der Waals surface area (Å²) in [5.41, 5.74) is 8.42. The number of hydrogen-bond acceptors (Lipinski definition) is 4. The van der Waals surface area contributed by atoms with Crippen molar-refractivity contribution in [1.29, 1.82) is 0 Å². The third-order valence-corrected chi connectivity index (χ3v) is 3.07. The van der Waals surface area contributed by atoms with Crippen molar-refractivity contribution in [1.82, 2.24) is 9.97 Å². The number of benzene rings is 1. The number of nitrogens with one attached hydrogen (secondary N) is 1. The van der Waals surface area contributed by atoms with Crippen molar-refractivity contribution in [2.75, 3.05) is 17.6 Å².